The van der Waals surface area contributed by atoms with Gasteiger partial charge in [-0.25, -0.2) is 9.07 Å². The molecule has 0 saturated heterocycles. The van der Waals surface area contributed by atoms with Crippen molar-refractivity contribution in [2.24, 2.45) is 23.7 Å². The summed E-state index contributed by atoms with van der Waals surface area (Å²) in [7, 11) is 0. The predicted octanol–water partition coefficient (Wildman–Crippen LogP) is 2.28. The number of nitrogen functional groups attached to an aromatic ring is 1. The number of halogens is 1. The van der Waals surface area contributed by atoms with Gasteiger partial charge in [-0.3, -0.25) is 0 Å². The number of hydrogen-bond acceptors (Lipinski definition) is 4. The Bertz CT molecular complexity index is 711. The number of nitrogens with two attached hydrogens (primary N) is 1. The number of nitrogens with zero attached hydrogens (tertiary/aromatic N) is 4. The van der Waals surface area contributed by atoms with Crippen LogP contribution in [0.5, 0.6) is 0 Å². The monoisotopic (exact) mass is 285 g/mol. The molecule has 21 heavy (non-hydrogen) atoms. The lowest BCUT2D eigenvalue weighted by atomic mass is 10.0. The van der Waals surface area contributed by atoms with E-state index in [0.29, 0.717) is 35.0 Å². The standard InChI is InChI=1S/C15H16FN5/c16-11-4-3-9(17)6-10(11)15-18-19-20-21(15)14-12-7-1-2-8(5-7)13(12)14/h3-4,6-8,12-14H,1-2,5,17H2. The minimum atomic E-state index is -0.325. The second-order valence-electron chi connectivity index (χ2n) is 6.66. The Morgan fingerprint density at radius 2 is 1.95 bits per heavy atom. The number of hydrogen-bond donors (Lipinski definition) is 1. The highest BCUT2D eigenvalue weighted by molar-refractivity contribution is 5.62. The summed E-state index contributed by atoms with van der Waals surface area (Å²) in [5, 5.41) is 12.0. The second kappa shape index (κ2) is 3.81. The average molecular weight is 285 g/mol. The van der Waals surface area contributed by atoms with Crippen molar-refractivity contribution >= 4 is 5.69 Å². The zero-order valence-corrected chi connectivity index (χ0v) is 11.5. The first kappa shape index (κ1) is 11.7. The van der Waals surface area contributed by atoms with E-state index in [0.717, 1.165) is 11.8 Å². The highest BCUT2D eigenvalue weighted by atomic mass is 19.1. The van der Waals surface area contributed by atoms with Crippen molar-refractivity contribution < 1.29 is 4.39 Å². The van der Waals surface area contributed by atoms with Crippen LogP contribution >= 0.6 is 0 Å². The molecular formula is C15H16FN5. The molecule has 4 unspecified atom stereocenters. The maximum absolute atomic E-state index is 14.1. The lowest BCUT2D eigenvalue weighted by Gasteiger charge is -2.11. The lowest BCUT2D eigenvalue weighted by Crippen LogP contribution is -2.09. The molecule has 1 aromatic carbocycles. The molecule has 2 bridgehead atoms. The summed E-state index contributed by atoms with van der Waals surface area (Å²) in [6, 6.07) is 4.91. The minimum absolute atomic E-state index is 0.325. The zero-order chi connectivity index (χ0) is 14.1. The fourth-order valence-corrected chi connectivity index (χ4v) is 4.89. The van der Waals surface area contributed by atoms with Crippen LogP contribution in [-0.4, -0.2) is 20.2 Å². The Balaban J connectivity index is 1.56. The highest BCUT2D eigenvalue weighted by Crippen LogP contribution is 2.71. The summed E-state index contributed by atoms with van der Waals surface area (Å²) in [5.41, 5.74) is 6.70. The van der Waals surface area contributed by atoms with Gasteiger partial charge in [0.2, 0.25) is 0 Å². The summed E-state index contributed by atoms with van der Waals surface area (Å²) in [6.07, 6.45) is 4.05. The van der Waals surface area contributed by atoms with Crippen molar-refractivity contribution in [3.63, 3.8) is 0 Å². The molecule has 0 radical (unpaired) electrons. The van der Waals surface area contributed by atoms with Gasteiger partial charge in [-0.1, -0.05) is 0 Å². The third kappa shape index (κ3) is 1.47. The van der Waals surface area contributed by atoms with E-state index < -0.39 is 0 Å². The van der Waals surface area contributed by atoms with E-state index in [1.54, 1.807) is 12.1 Å². The van der Waals surface area contributed by atoms with Gasteiger partial charge in [0.25, 0.3) is 0 Å². The van der Waals surface area contributed by atoms with Crippen molar-refractivity contribution in [2.45, 2.75) is 25.3 Å². The van der Waals surface area contributed by atoms with Crippen LogP contribution in [0.15, 0.2) is 18.2 Å². The third-order valence-electron chi connectivity index (χ3n) is 5.70. The molecule has 108 valence electrons. The number of fused-ring (bicyclic) bond motifs is 5. The van der Waals surface area contributed by atoms with Gasteiger partial charge in [0.1, 0.15) is 5.82 Å². The molecule has 3 fully saturated rings. The van der Waals surface area contributed by atoms with Gasteiger partial charge in [0, 0.05) is 5.69 Å². The summed E-state index contributed by atoms with van der Waals surface area (Å²) < 4.78 is 15.9. The SMILES string of the molecule is Nc1ccc(F)c(-c2nnnn2C2C3C4CCC(C4)C32)c1. The van der Waals surface area contributed by atoms with E-state index in [1.165, 1.54) is 25.3 Å². The average Bonchev–Trinajstić information content (AvgIpc) is 2.90. The maximum atomic E-state index is 14.1. The topological polar surface area (TPSA) is 69.6 Å². The molecule has 5 rings (SSSR count). The Morgan fingerprint density at radius 1 is 1.19 bits per heavy atom. The summed E-state index contributed by atoms with van der Waals surface area (Å²) in [4.78, 5) is 0. The number of anilines is 1. The fourth-order valence-electron chi connectivity index (χ4n) is 4.89. The first-order chi connectivity index (χ1) is 10.2. The molecule has 3 saturated carbocycles. The molecule has 1 aromatic heterocycles. The van der Waals surface area contributed by atoms with E-state index >= 15 is 0 Å². The highest BCUT2D eigenvalue weighted by Gasteiger charge is 2.66. The molecule has 1 heterocycles. The number of tetrazole rings is 1. The van der Waals surface area contributed by atoms with E-state index in [-0.39, 0.29) is 5.82 Å². The van der Waals surface area contributed by atoms with E-state index in [9.17, 15) is 4.39 Å². The van der Waals surface area contributed by atoms with Crippen molar-refractivity contribution in [3.8, 4) is 11.4 Å². The molecule has 2 aromatic rings. The van der Waals surface area contributed by atoms with Gasteiger partial charge < -0.3 is 5.73 Å². The molecule has 2 N–H and O–H groups in total. The van der Waals surface area contributed by atoms with Gasteiger partial charge in [0.05, 0.1) is 11.6 Å². The Labute approximate surface area is 121 Å². The van der Waals surface area contributed by atoms with Gasteiger partial charge in [-0.2, -0.15) is 0 Å². The molecule has 0 spiro atoms. The first-order valence-corrected chi connectivity index (χ1v) is 7.57. The maximum Gasteiger partial charge on any atom is 0.185 e. The number of rotatable bonds is 2. The second-order valence-corrected chi connectivity index (χ2v) is 6.66. The molecule has 3 aliphatic carbocycles. The summed E-state index contributed by atoms with van der Waals surface area (Å²) in [5.74, 6) is 3.25. The van der Waals surface area contributed by atoms with Crippen LogP contribution in [-0.2, 0) is 0 Å². The largest absolute Gasteiger partial charge is 0.399 e. The van der Waals surface area contributed by atoms with Crippen molar-refractivity contribution in [1.29, 1.82) is 0 Å². The van der Waals surface area contributed by atoms with Crippen molar-refractivity contribution in [2.75, 3.05) is 5.73 Å². The van der Waals surface area contributed by atoms with Crippen LogP contribution in [0, 0.1) is 29.5 Å². The van der Waals surface area contributed by atoms with Crippen LogP contribution in [0.25, 0.3) is 11.4 Å². The molecule has 3 aliphatic rings. The number of aromatic nitrogens is 4. The smallest absolute Gasteiger partial charge is 0.185 e. The predicted molar refractivity (Wildman–Crippen MR) is 74.5 cm³/mol. The van der Waals surface area contributed by atoms with Crippen LogP contribution in [0.2, 0.25) is 0 Å². The Morgan fingerprint density at radius 3 is 2.71 bits per heavy atom. The third-order valence-corrected chi connectivity index (χ3v) is 5.70. The van der Waals surface area contributed by atoms with E-state index in [4.69, 9.17) is 5.73 Å². The Hall–Kier alpha value is -1.98. The minimum Gasteiger partial charge on any atom is -0.399 e. The fraction of sp³-hybridized carbons (Fsp3) is 0.533. The van der Waals surface area contributed by atoms with Crippen LogP contribution in [0.4, 0.5) is 10.1 Å². The Kier molecular flexibility index (Phi) is 2.11. The van der Waals surface area contributed by atoms with Gasteiger partial charge in [0.15, 0.2) is 5.82 Å². The first-order valence-electron chi connectivity index (χ1n) is 7.57. The molecule has 0 aliphatic heterocycles. The number of benzene rings is 1. The van der Waals surface area contributed by atoms with Crippen LogP contribution in [0.1, 0.15) is 25.3 Å². The van der Waals surface area contributed by atoms with Crippen LogP contribution in [0.3, 0.4) is 0 Å². The van der Waals surface area contributed by atoms with Gasteiger partial charge in [-0.15, -0.1) is 5.10 Å². The van der Waals surface area contributed by atoms with Crippen molar-refractivity contribution in [1.82, 2.24) is 20.2 Å². The quantitative estimate of drug-likeness (QED) is 0.859. The summed E-state index contributed by atoms with van der Waals surface area (Å²) in [6.45, 7) is 0. The van der Waals surface area contributed by atoms with Gasteiger partial charge >= 0.3 is 0 Å². The molecule has 6 heteroatoms. The molecule has 4 atom stereocenters. The lowest BCUT2D eigenvalue weighted by molar-refractivity contribution is 0.426. The molecular weight excluding hydrogens is 269 g/mol. The normalized spacial score (nSPS) is 36.0. The zero-order valence-electron chi connectivity index (χ0n) is 11.5. The molecule has 0 amide bonds. The van der Waals surface area contributed by atoms with E-state index in [2.05, 4.69) is 15.5 Å². The van der Waals surface area contributed by atoms with Crippen LogP contribution < -0.4 is 5.73 Å². The molecule has 5 nitrogen and oxygen atoms in total. The van der Waals surface area contributed by atoms with Gasteiger partial charge in [-0.05, 0) is 71.6 Å². The van der Waals surface area contributed by atoms with Crippen molar-refractivity contribution in [3.05, 3.63) is 24.0 Å². The summed E-state index contributed by atoms with van der Waals surface area (Å²) >= 11 is 0. The van der Waals surface area contributed by atoms with E-state index in [1.807, 2.05) is 4.68 Å².